The fourth-order valence-corrected chi connectivity index (χ4v) is 2.16. The number of nitrogens with one attached hydrogen (secondary N) is 1. The second-order valence-electron chi connectivity index (χ2n) is 5.55. The van der Waals surface area contributed by atoms with Crippen molar-refractivity contribution in [1.29, 1.82) is 0 Å². The highest BCUT2D eigenvalue weighted by Gasteiger charge is 2.28. The molecule has 0 saturated heterocycles. The molecule has 2 N–H and O–H groups in total. The summed E-state index contributed by atoms with van der Waals surface area (Å²) in [6, 6.07) is 5.73. The number of imidazole rings is 1. The minimum Gasteiger partial charge on any atom is -0.480 e. The molecule has 0 radical (unpaired) electrons. The van der Waals surface area contributed by atoms with E-state index in [-0.39, 0.29) is 12.3 Å². The molecule has 6 nitrogen and oxygen atoms in total. The molecule has 0 unspecified atom stereocenters. The average molecular weight is 289 g/mol. The Morgan fingerprint density at radius 1 is 1.38 bits per heavy atom. The lowest BCUT2D eigenvalue weighted by atomic mass is 10.1. The molecule has 2 rings (SSSR count). The fraction of sp³-hybridized carbons (Fsp3) is 0.400. The number of carbonyl (C=O) groups is 2. The van der Waals surface area contributed by atoms with E-state index in [1.54, 1.807) is 0 Å². The van der Waals surface area contributed by atoms with Crippen LogP contribution in [0.25, 0.3) is 5.65 Å². The van der Waals surface area contributed by atoms with Gasteiger partial charge in [0.05, 0.1) is 5.69 Å². The minimum atomic E-state index is -1.26. The molecule has 0 aromatic carbocycles. The Labute approximate surface area is 122 Å². The lowest BCUT2D eigenvalue weighted by Crippen LogP contribution is -2.49. The van der Waals surface area contributed by atoms with E-state index in [0.717, 1.165) is 17.0 Å². The zero-order valence-corrected chi connectivity index (χ0v) is 12.4. The number of aromatic nitrogens is 2. The van der Waals surface area contributed by atoms with E-state index in [9.17, 15) is 9.59 Å². The maximum absolute atomic E-state index is 11.9. The monoisotopic (exact) mass is 289 g/mol. The highest BCUT2D eigenvalue weighted by molar-refractivity contribution is 5.86. The number of hydrogen-bond acceptors (Lipinski definition) is 3. The van der Waals surface area contributed by atoms with Crippen LogP contribution in [-0.2, 0) is 16.0 Å². The van der Waals surface area contributed by atoms with Crippen molar-refractivity contribution < 1.29 is 14.7 Å². The second-order valence-corrected chi connectivity index (χ2v) is 5.55. The Balaban J connectivity index is 2.07. The van der Waals surface area contributed by atoms with Gasteiger partial charge < -0.3 is 14.8 Å². The molecular weight excluding hydrogens is 270 g/mol. The SMILES string of the molecule is Cc1nc2ccccn2c1CCC(=O)NC(C)(C)C(=O)O. The van der Waals surface area contributed by atoms with Crippen LogP contribution >= 0.6 is 0 Å². The second kappa shape index (κ2) is 5.55. The van der Waals surface area contributed by atoms with Gasteiger partial charge in [0.15, 0.2) is 0 Å². The summed E-state index contributed by atoms with van der Waals surface area (Å²) in [5.41, 5.74) is 1.43. The number of pyridine rings is 1. The Kier molecular flexibility index (Phi) is 3.97. The molecule has 0 aliphatic heterocycles. The number of amides is 1. The van der Waals surface area contributed by atoms with Crippen LogP contribution in [0.2, 0.25) is 0 Å². The topological polar surface area (TPSA) is 83.7 Å². The zero-order valence-electron chi connectivity index (χ0n) is 12.4. The Hall–Kier alpha value is -2.37. The van der Waals surface area contributed by atoms with Crippen LogP contribution in [0.4, 0.5) is 0 Å². The van der Waals surface area contributed by atoms with E-state index in [1.807, 2.05) is 35.7 Å². The fourth-order valence-electron chi connectivity index (χ4n) is 2.16. The molecule has 2 aromatic rings. The van der Waals surface area contributed by atoms with Gasteiger partial charge in [-0.2, -0.15) is 0 Å². The van der Waals surface area contributed by atoms with Gasteiger partial charge in [-0.25, -0.2) is 9.78 Å². The first-order valence-electron chi connectivity index (χ1n) is 6.78. The quantitative estimate of drug-likeness (QED) is 0.875. The Morgan fingerprint density at radius 3 is 2.76 bits per heavy atom. The van der Waals surface area contributed by atoms with Gasteiger partial charge in [-0.1, -0.05) is 6.07 Å². The molecule has 0 atom stereocenters. The normalized spacial score (nSPS) is 11.6. The van der Waals surface area contributed by atoms with Crippen LogP contribution < -0.4 is 5.32 Å². The van der Waals surface area contributed by atoms with E-state index < -0.39 is 11.5 Å². The molecule has 0 bridgehead atoms. The lowest BCUT2D eigenvalue weighted by molar-refractivity contribution is -0.146. The van der Waals surface area contributed by atoms with Crippen molar-refractivity contribution >= 4 is 17.5 Å². The van der Waals surface area contributed by atoms with E-state index >= 15 is 0 Å². The smallest absolute Gasteiger partial charge is 0.328 e. The highest BCUT2D eigenvalue weighted by Crippen LogP contribution is 2.14. The molecule has 21 heavy (non-hydrogen) atoms. The number of carbonyl (C=O) groups excluding carboxylic acids is 1. The van der Waals surface area contributed by atoms with Crippen molar-refractivity contribution in [1.82, 2.24) is 14.7 Å². The first-order valence-corrected chi connectivity index (χ1v) is 6.78. The molecule has 2 heterocycles. The number of fused-ring (bicyclic) bond motifs is 1. The lowest BCUT2D eigenvalue weighted by Gasteiger charge is -2.20. The molecule has 0 saturated carbocycles. The van der Waals surface area contributed by atoms with Crippen LogP contribution in [-0.4, -0.2) is 31.9 Å². The first-order chi connectivity index (χ1) is 9.81. The van der Waals surface area contributed by atoms with E-state index in [2.05, 4.69) is 10.3 Å². The minimum absolute atomic E-state index is 0.222. The first kappa shape index (κ1) is 15.0. The van der Waals surface area contributed by atoms with Gasteiger partial charge in [0.1, 0.15) is 11.2 Å². The van der Waals surface area contributed by atoms with Gasteiger partial charge in [0.25, 0.3) is 0 Å². The molecule has 0 aliphatic rings. The molecule has 0 fully saturated rings. The number of hydrogen-bond donors (Lipinski definition) is 2. The summed E-state index contributed by atoms with van der Waals surface area (Å²) < 4.78 is 1.95. The van der Waals surface area contributed by atoms with Crippen LogP contribution in [0.15, 0.2) is 24.4 Å². The van der Waals surface area contributed by atoms with Gasteiger partial charge in [0.2, 0.25) is 5.91 Å². The summed E-state index contributed by atoms with van der Waals surface area (Å²) in [6.45, 7) is 4.83. The standard InChI is InChI=1S/C15H19N3O3/c1-10-11(18-9-5-4-6-12(18)16-10)7-8-13(19)17-15(2,3)14(20)21/h4-6,9H,7-8H2,1-3H3,(H,17,19)(H,20,21). The van der Waals surface area contributed by atoms with Crippen LogP contribution in [0, 0.1) is 6.92 Å². The van der Waals surface area contributed by atoms with Crippen molar-refractivity contribution in [3.63, 3.8) is 0 Å². The maximum Gasteiger partial charge on any atom is 0.328 e. The predicted molar refractivity (Wildman–Crippen MR) is 78.1 cm³/mol. The van der Waals surface area contributed by atoms with Gasteiger partial charge in [0, 0.05) is 18.3 Å². The number of nitrogens with zero attached hydrogens (tertiary/aromatic N) is 2. The maximum atomic E-state index is 11.9. The van der Waals surface area contributed by atoms with Gasteiger partial charge >= 0.3 is 5.97 Å². The number of carboxylic acid groups (broad SMARTS) is 1. The number of carboxylic acids is 1. The van der Waals surface area contributed by atoms with Crippen molar-refractivity contribution in [2.24, 2.45) is 0 Å². The van der Waals surface area contributed by atoms with E-state index in [0.29, 0.717) is 6.42 Å². The molecule has 6 heteroatoms. The third-order valence-electron chi connectivity index (χ3n) is 3.40. The van der Waals surface area contributed by atoms with Crippen LogP contribution in [0.1, 0.15) is 31.7 Å². The van der Waals surface area contributed by atoms with Crippen LogP contribution in [0.5, 0.6) is 0 Å². The summed E-state index contributed by atoms with van der Waals surface area (Å²) in [5, 5.41) is 11.5. The third-order valence-corrected chi connectivity index (χ3v) is 3.40. The summed E-state index contributed by atoms with van der Waals surface area (Å²) >= 11 is 0. The molecule has 0 spiro atoms. The summed E-state index contributed by atoms with van der Waals surface area (Å²) in [6.07, 6.45) is 2.64. The molecule has 2 aromatic heterocycles. The van der Waals surface area contributed by atoms with Gasteiger partial charge in [-0.3, -0.25) is 4.79 Å². The summed E-state index contributed by atoms with van der Waals surface area (Å²) in [4.78, 5) is 27.3. The molecule has 1 amide bonds. The highest BCUT2D eigenvalue weighted by atomic mass is 16.4. The van der Waals surface area contributed by atoms with E-state index in [4.69, 9.17) is 5.11 Å². The largest absolute Gasteiger partial charge is 0.480 e. The number of rotatable bonds is 5. The Bertz CT molecular complexity index is 689. The molecule has 112 valence electrons. The summed E-state index contributed by atoms with van der Waals surface area (Å²) in [5.74, 6) is -1.34. The molecule has 0 aliphatic carbocycles. The Morgan fingerprint density at radius 2 is 2.10 bits per heavy atom. The number of aryl methyl sites for hydroxylation is 2. The van der Waals surface area contributed by atoms with Gasteiger partial charge in [-0.15, -0.1) is 0 Å². The van der Waals surface area contributed by atoms with Crippen molar-refractivity contribution in [3.8, 4) is 0 Å². The zero-order chi connectivity index (χ0) is 15.6. The van der Waals surface area contributed by atoms with Crippen LogP contribution in [0.3, 0.4) is 0 Å². The van der Waals surface area contributed by atoms with Crippen molar-refractivity contribution in [2.45, 2.75) is 39.2 Å². The van der Waals surface area contributed by atoms with Gasteiger partial charge in [-0.05, 0) is 39.3 Å². The summed E-state index contributed by atoms with van der Waals surface area (Å²) in [7, 11) is 0. The number of aliphatic carboxylic acids is 1. The predicted octanol–water partition coefficient (Wildman–Crippen LogP) is 1.55. The van der Waals surface area contributed by atoms with E-state index in [1.165, 1.54) is 13.8 Å². The molecular formula is C15H19N3O3. The third kappa shape index (κ3) is 3.21. The van der Waals surface area contributed by atoms with Crippen molar-refractivity contribution in [2.75, 3.05) is 0 Å². The van der Waals surface area contributed by atoms with Crippen molar-refractivity contribution in [3.05, 3.63) is 35.8 Å². The average Bonchev–Trinajstić information content (AvgIpc) is 2.71.